The predicted molar refractivity (Wildman–Crippen MR) is 79.0 cm³/mol. The van der Waals surface area contributed by atoms with E-state index in [2.05, 4.69) is 50.4 Å². The van der Waals surface area contributed by atoms with Crippen LogP contribution in [0.4, 0.5) is 0 Å². The molecule has 0 bridgehead atoms. The zero-order valence-electron chi connectivity index (χ0n) is 12.1. The molecule has 0 aromatic heterocycles. The molecule has 0 saturated carbocycles. The van der Waals surface area contributed by atoms with Gasteiger partial charge in [0.15, 0.2) is 0 Å². The summed E-state index contributed by atoms with van der Waals surface area (Å²) in [5.74, 6) is 1.49. The third-order valence-electron chi connectivity index (χ3n) is 4.09. The van der Waals surface area contributed by atoms with Gasteiger partial charge in [0.1, 0.15) is 0 Å². The summed E-state index contributed by atoms with van der Waals surface area (Å²) in [7, 11) is 0. The fourth-order valence-corrected chi connectivity index (χ4v) is 3.37. The van der Waals surface area contributed by atoms with Crippen LogP contribution in [0.1, 0.15) is 57.1 Å². The van der Waals surface area contributed by atoms with Crippen molar-refractivity contribution >= 4 is 0 Å². The summed E-state index contributed by atoms with van der Waals surface area (Å²) in [6, 6.07) is 9.71. The van der Waals surface area contributed by atoms with E-state index in [1.165, 1.54) is 25.7 Å². The zero-order valence-corrected chi connectivity index (χ0v) is 12.1. The first-order valence-corrected chi connectivity index (χ1v) is 7.53. The summed E-state index contributed by atoms with van der Waals surface area (Å²) >= 11 is 0. The SMILES string of the molecule is CCNC(CC(C)C)C1CCCc2ccccc21. The van der Waals surface area contributed by atoms with Crippen molar-refractivity contribution in [3.05, 3.63) is 35.4 Å². The lowest BCUT2D eigenvalue weighted by Crippen LogP contribution is -2.37. The topological polar surface area (TPSA) is 12.0 Å². The largest absolute Gasteiger partial charge is 0.314 e. The lowest BCUT2D eigenvalue weighted by Gasteiger charge is -2.34. The number of hydrogen-bond acceptors (Lipinski definition) is 1. The molecule has 1 aromatic rings. The molecule has 1 nitrogen and oxygen atoms in total. The minimum Gasteiger partial charge on any atom is -0.314 e. The minimum absolute atomic E-state index is 0.649. The van der Waals surface area contributed by atoms with Gasteiger partial charge in [-0.3, -0.25) is 0 Å². The standard InChI is InChI=1S/C17H27N/c1-4-18-17(12-13(2)3)16-11-7-9-14-8-5-6-10-15(14)16/h5-6,8,10,13,16-18H,4,7,9,11-12H2,1-3H3. The number of aryl methyl sites for hydroxylation is 1. The molecular weight excluding hydrogens is 218 g/mol. The van der Waals surface area contributed by atoms with Gasteiger partial charge in [-0.15, -0.1) is 0 Å². The van der Waals surface area contributed by atoms with Crippen molar-refractivity contribution in [1.29, 1.82) is 0 Å². The molecule has 0 spiro atoms. The lowest BCUT2D eigenvalue weighted by molar-refractivity contribution is 0.344. The maximum Gasteiger partial charge on any atom is 0.0138 e. The highest BCUT2D eigenvalue weighted by Crippen LogP contribution is 2.35. The first-order chi connectivity index (χ1) is 8.72. The molecule has 2 atom stereocenters. The zero-order chi connectivity index (χ0) is 13.0. The molecule has 1 aliphatic rings. The molecule has 2 unspecified atom stereocenters. The molecule has 0 radical (unpaired) electrons. The van der Waals surface area contributed by atoms with Crippen LogP contribution in [-0.2, 0) is 6.42 Å². The van der Waals surface area contributed by atoms with Crippen molar-refractivity contribution in [3.63, 3.8) is 0 Å². The van der Waals surface area contributed by atoms with Gasteiger partial charge in [0, 0.05) is 6.04 Å². The third kappa shape index (κ3) is 3.14. The molecule has 18 heavy (non-hydrogen) atoms. The number of nitrogens with one attached hydrogen (secondary N) is 1. The van der Waals surface area contributed by atoms with Crippen LogP contribution in [0.3, 0.4) is 0 Å². The van der Waals surface area contributed by atoms with E-state index >= 15 is 0 Å². The van der Waals surface area contributed by atoms with E-state index in [0.717, 1.165) is 18.4 Å². The first-order valence-electron chi connectivity index (χ1n) is 7.53. The number of fused-ring (bicyclic) bond motifs is 1. The molecular formula is C17H27N. The number of rotatable bonds is 5. The van der Waals surface area contributed by atoms with Crippen LogP contribution < -0.4 is 5.32 Å². The van der Waals surface area contributed by atoms with E-state index in [1.807, 2.05) is 0 Å². The summed E-state index contributed by atoms with van der Waals surface area (Å²) in [5.41, 5.74) is 3.19. The first kappa shape index (κ1) is 13.6. The molecule has 0 saturated heterocycles. The van der Waals surface area contributed by atoms with Gasteiger partial charge in [-0.05, 0) is 55.2 Å². The molecule has 1 N–H and O–H groups in total. The van der Waals surface area contributed by atoms with E-state index in [-0.39, 0.29) is 0 Å². The average molecular weight is 245 g/mol. The Kier molecular flexibility index (Phi) is 4.82. The summed E-state index contributed by atoms with van der Waals surface area (Å²) in [5, 5.41) is 3.72. The lowest BCUT2D eigenvalue weighted by atomic mass is 9.76. The van der Waals surface area contributed by atoms with E-state index in [0.29, 0.717) is 6.04 Å². The van der Waals surface area contributed by atoms with Gasteiger partial charge in [0.25, 0.3) is 0 Å². The third-order valence-corrected chi connectivity index (χ3v) is 4.09. The normalized spacial score (nSPS) is 20.8. The minimum atomic E-state index is 0.649. The summed E-state index contributed by atoms with van der Waals surface area (Å²) in [4.78, 5) is 0. The number of likely N-dealkylation sites (N-methyl/N-ethyl adjacent to an activating group) is 1. The Bertz CT molecular complexity index is 370. The molecule has 0 aliphatic heterocycles. The van der Waals surface area contributed by atoms with Crippen LogP contribution in [0.5, 0.6) is 0 Å². The van der Waals surface area contributed by atoms with Gasteiger partial charge in [0.05, 0.1) is 0 Å². The summed E-state index contributed by atoms with van der Waals surface area (Å²) < 4.78 is 0. The quantitative estimate of drug-likeness (QED) is 0.822. The fraction of sp³-hybridized carbons (Fsp3) is 0.647. The van der Waals surface area contributed by atoms with Gasteiger partial charge in [-0.25, -0.2) is 0 Å². The predicted octanol–water partition coefficient (Wildman–Crippen LogP) is 4.13. The monoisotopic (exact) mass is 245 g/mol. The highest BCUT2D eigenvalue weighted by molar-refractivity contribution is 5.33. The molecule has 1 heteroatoms. The average Bonchev–Trinajstić information content (AvgIpc) is 2.37. The van der Waals surface area contributed by atoms with E-state index in [4.69, 9.17) is 0 Å². The van der Waals surface area contributed by atoms with Crippen molar-refractivity contribution in [2.24, 2.45) is 5.92 Å². The smallest absolute Gasteiger partial charge is 0.0138 e. The van der Waals surface area contributed by atoms with Crippen LogP contribution >= 0.6 is 0 Å². The Labute approximate surface area is 112 Å². The highest BCUT2D eigenvalue weighted by atomic mass is 14.9. The molecule has 100 valence electrons. The van der Waals surface area contributed by atoms with Gasteiger partial charge in [-0.1, -0.05) is 45.0 Å². The molecule has 1 aromatic carbocycles. The van der Waals surface area contributed by atoms with Crippen LogP contribution in [0.25, 0.3) is 0 Å². The van der Waals surface area contributed by atoms with Crippen molar-refractivity contribution in [3.8, 4) is 0 Å². The highest BCUT2D eigenvalue weighted by Gasteiger charge is 2.27. The molecule has 0 amide bonds. The van der Waals surface area contributed by atoms with Crippen LogP contribution in [0, 0.1) is 5.92 Å². The van der Waals surface area contributed by atoms with Gasteiger partial charge < -0.3 is 5.32 Å². The number of benzene rings is 1. The van der Waals surface area contributed by atoms with Gasteiger partial charge in [-0.2, -0.15) is 0 Å². The van der Waals surface area contributed by atoms with Crippen molar-refractivity contribution < 1.29 is 0 Å². The van der Waals surface area contributed by atoms with Crippen molar-refractivity contribution in [1.82, 2.24) is 5.32 Å². The molecule has 1 aliphatic carbocycles. The van der Waals surface area contributed by atoms with E-state index < -0.39 is 0 Å². The van der Waals surface area contributed by atoms with Crippen LogP contribution in [0.2, 0.25) is 0 Å². The Morgan fingerprint density at radius 3 is 2.78 bits per heavy atom. The Balaban J connectivity index is 2.20. The van der Waals surface area contributed by atoms with Gasteiger partial charge >= 0.3 is 0 Å². The Hall–Kier alpha value is -0.820. The maximum atomic E-state index is 3.72. The number of hydrogen-bond donors (Lipinski definition) is 1. The Morgan fingerprint density at radius 1 is 1.28 bits per heavy atom. The van der Waals surface area contributed by atoms with Crippen LogP contribution in [-0.4, -0.2) is 12.6 Å². The van der Waals surface area contributed by atoms with Crippen molar-refractivity contribution in [2.75, 3.05) is 6.54 Å². The molecule has 0 fully saturated rings. The van der Waals surface area contributed by atoms with E-state index in [9.17, 15) is 0 Å². The molecule has 2 rings (SSSR count). The second kappa shape index (κ2) is 6.38. The van der Waals surface area contributed by atoms with Crippen molar-refractivity contribution in [2.45, 2.75) is 58.4 Å². The molecule has 0 heterocycles. The fourth-order valence-electron chi connectivity index (χ4n) is 3.37. The van der Waals surface area contributed by atoms with E-state index in [1.54, 1.807) is 11.1 Å². The van der Waals surface area contributed by atoms with Crippen LogP contribution in [0.15, 0.2) is 24.3 Å². The summed E-state index contributed by atoms with van der Waals surface area (Å²) in [6.07, 6.45) is 5.25. The second-order valence-corrected chi connectivity index (χ2v) is 5.99. The Morgan fingerprint density at radius 2 is 2.06 bits per heavy atom. The van der Waals surface area contributed by atoms with Gasteiger partial charge in [0.2, 0.25) is 0 Å². The maximum absolute atomic E-state index is 3.72. The second-order valence-electron chi connectivity index (χ2n) is 5.99. The summed E-state index contributed by atoms with van der Waals surface area (Å²) in [6.45, 7) is 7.97.